The topological polar surface area (TPSA) is 56.7 Å². The molecule has 0 spiro atoms. The maximum Gasteiger partial charge on any atom is 0.216 e. The second-order valence-electron chi connectivity index (χ2n) is 20.9. The first kappa shape index (κ1) is 43.3. The fraction of sp³-hybridized carbons (Fsp3) is 0.266. The molecule has 0 bridgehead atoms. The van der Waals surface area contributed by atoms with Crippen molar-refractivity contribution in [2.45, 2.75) is 106 Å². The van der Waals surface area contributed by atoms with Crippen LogP contribution in [-0.4, -0.2) is 27.6 Å². The summed E-state index contributed by atoms with van der Waals surface area (Å²) in [6.45, 7) is 19.5. The van der Waals surface area contributed by atoms with Crippen LogP contribution >= 0.6 is 0 Å². The number of benzene rings is 6. The number of furan rings is 1. The molecule has 0 saturated carbocycles. The zero-order chi connectivity index (χ0) is 56.3. The Balaban J connectivity index is 0.000000249. The van der Waals surface area contributed by atoms with Gasteiger partial charge in [0.05, 0.1) is 30.5 Å². The van der Waals surface area contributed by atoms with Crippen molar-refractivity contribution in [3.05, 3.63) is 203 Å². The Hall–Kier alpha value is -6.31. The smallest absolute Gasteiger partial charge is 0.216 e. The number of hydrogen-bond donors (Lipinski definition) is 0. The fourth-order valence-corrected chi connectivity index (χ4v) is 10.5. The molecule has 0 aliphatic rings. The van der Waals surface area contributed by atoms with Gasteiger partial charge in [-0.1, -0.05) is 164 Å². The number of nitrogens with zero attached hydrogens (tertiary/aromatic N) is 4. The van der Waals surface area contributed by atoms with Gasteiger partial charge in [-0.2, -0.15) is 0 Å². The van der Waals surface area contributed by atoms with Crippen molar-refractivity contribution in [3.63, 3.8) is 0 Å². The van der Waals surface area contributed by atoms with Gasteiger partial charge in [0.2, 0.25) is 5.71 Å². The van der Waals surface area contributed by atoms with Crippen LogP contribution in [0.1, 0.15) is 109 Å². The van der Waals surface area contributed by atoms with E-state index < -0.39 is 33.1 Å². The standard InChI is InChI=1S/C44H37FN3O.C20H28NSi.Ir/c1-27(2)37-24-31(30-17-19-32(45)20-18-30)25-38(28(3)4)39(37)26-48-41-16-9-8-15-40(41)47-43(48)36-14-10-13-34-35-22-21-33(46-44(35)49-42(34)36)23-29-11-6-5-7-12-29;1-15-8-10-16(11-9-15)18-12-17(13-20(2,3)4)19(14-21-18)22(5,6)7;/h5-13,15-22,24-25,27-28H,23,26H2,1-4H3;8-10,12,14H,13H2,1-7H3;/q2*-1;/i23D2;1D3,13D2;. The molecule has 10 aromatic rings. The van der Waals surface area contributed by atoms with E-state index in [2.05, 4.69) is 87.2 Å². The zero-order valence-electron chi connectivity index (χ0n) is 49.6. The number of para-hydroxylation sites is 2. The molecule has 369 valence electrons. The molecule has 1 radical (unpaired) electrons. The van der Waals surface area contributed by atoms with Crippen LogP contribution in [0.4, 0.5) is 4.39 Å². The molecular weight excluding hydrogens is 1080 g/mol. The van der Waals surface area contributed by atoms with E-state index in [-0.39, 0.29) is 49.0 Å². The van der Waals surface area contributed by atoms with Crippen molar-refractivity contribution in [1.82, 2.24) is 19.5 Å². The number of aromatic nitrogens is 4. The summed E-state index contributed by atoms with van der Waals surface area (Å²) in [6.07, 6.45) is -1.53. The third-order valence-electron chi connectivity index (χ3n) is 12.6. The van der Waals surface area contributed by atoms with Crippen LogP contribution in [0.25, 0.3) is 66.9 Å². The third kappa shape index (κ3) is 11.5. The van der Waals surface area contributed by atoms with Crippen molar-refractivity contribution in [2.75, 3.05) is 0 Å². The summed E-state index contributed by atoms with van der Waals surface area (Å²) in [7, 11) is -1.81. The van der Waals surface area contributed by atoms with E-state index in [1.54, 1.807) is 36.5 Å². The maximum atomic E-state index is 13.8. The molecular formula is C64H65FIrN4OSi-2. The molecule has 0 amide bonds. The van der Waals surface area contributed by atoms with Gasteiger partial charge < -0.3 is 14.0 Å². The molecule has 6 aromatic carbocycles. The van der Waals surface area contributed by atoms with Crippen LogP contribution in [0.3, 0.4) is 0 Å². The van der Waals surface area contributed by atoms with Crippen molar-refractivity contribution < 1.29 is 38.5 Å². The first-order chi connectivity index (χ1) is 36.6. The normalized spacial score (nSPS) is 13.9. The second-order valence-corrected chi connectivity index (χ2v) is 26.0. The maximum absolute atomic E-state index is 13.8. The van der Waals surface area contributed by atoms with Crippen molar-refractivity contribution in [1.29, 1.82) is 0 Å². The molecule has 8 heteroatoms. The van der Waals surface area contributed by atoms with Crippen LogP contribution in [0.5, 0.6) is 0 Å². The van der Waals surface area contributed by atoms with Crippen molar-refractivity contribution >= 4 is 46.4 Å². The Labute approximate surface area is 450 Å². The fourth-order valence-electron chi connectivity index (χ4n) is 9.14. The second kappa shape index (κ2) is 21.4. The largest absolute Gasteiger partial charge is 0.486 e. The predicted octanol–water partition coefficient (Wildman–Crippen LogP) is 16.5. The Morgan fingerprint density at radius 3 is 2.14 bits per heavy atom. The Bertz CT molecular complexity index is 3780. The van der Waals surface area contributed by atoms with Gasteiger partial charge in [-0.05, 0) is 104 Å². The van der Waals surface area contributed by atoms with Crippen molar-refractivity contribution in [2.24, 2.45) is 5.41 Å². The van der Waals surface area contributed by atoms with Crippen LogP contribution in [0.2, 0.25) is 19.6 Å². The zero-order valence-corrected chi connectivity index (χ0v) is 46.0. The number of pyridine rings is 2. The van der Waals surface area contributed by atoms with Crippen LogP contribution in [0, 0.1) is 30.2 Å². The van der Waals surface area contributed by atoms with Gasteiger partial charge in [0.1, 0.15) is 5.82 Å². The number of imidazole rings is 1. The van der Waals surface area contributed by atoms with E-state index in [0.29, 0.717) is 40.2 Å². The van der Waals surface area contributed by atoms with E-state index in [1.807, 2.05) is 93.6 Å². The van der Waals surface area contributed by atoms with Gasteiger partial charge in [0.15, 0.2) is 0 Å². The van der Waals surface area contributed by atoms with Gasteiger partial charge in [-0.15, -0.1) is 53.6 Å². The number of halogens is 1. The predicted molar refractivity (Wildman–Crippen MR) is 297 cm³/mol. The number of fused-ring (bicyclic) bond motifs is 4. The van der Waals surface area contributed by atoms with Crippen LogP contribution < -0.4 is 5.19 Å². The first-order valence-corrected chi connectivity index (χ1v) is 27.9. The summed E-state index contributed by atoms with van der Waals surface area (Å²) in [6, 6.07) is 48.9. The first-order valence-electron chi connectivity index (χ1n) is 27.9. The number of rotatable bonds is 11. The molecule has 0 unspecified atom stereocenters. The summed E-state index contributed by atoms with van der Waals surface area (Å²) >= 11 is 0. The molecule has 10 rings (SSSR count). The molecule has 4 aromatic heterocycles. The molecule has 0 N–H and O–H groups in total. The third-order valence-corrected chi connectivity index (χ3v) is 14.6. The number of aryl methyl sites for hydroxylation is 1. The van der Waals surface area contributed by atoms with Gasteiger partial charge in [-0.3, -0.25) is 4.98 Å². The minimum absolute atomic E-state index is 0. The Morgan fingerprint density at radius 2 is 1.49 bits per heavy atom. The summed E-state index contributed by atoms with van der Waals surface area (Å²) in [5.41, 5.74) is 11.7. The Kier molecular flexibility index (Phi) is 12.9. The monoisotopic (exact) mass is 1150 g/mol. The van der Waals surface area contributed by atoms with Crippen LogP contribution in [-0.2, 0) is 39.4 Å². The van der Waals surface area contributed by atoms with Crippen molar-refractivity contribution in [3.8, 4) is 33.8 Å². The summed E-state index contributed by atoms with van der Waals surface area (Å²) in [5, 5.41) is 2.67. The van der Waals surface area contributed by atoms with Gasteiger partial charge in [-0.25, -0.2) is 9.37 Å². The van der Waals surface area contributed by atoms with E-state index in [1.165, 1.54) is 34.9 Å². The van der Waals surface area contributed by atoms with Gasteiger partial charge in [0, 0.05) is 59.9 Å². The van der Waals surface area contributed by atoms with E-state index in [9.17, 15) is 4.39 Å². The minimum Gasteiger partial charge on any atom is -0.486 e. The van der Waals surface area contributed by atoms with Gasteiger partial charge >= 0.3 is 0 Å². The minimum atomic E-state index is -2.17. The summed E-state index contributed by atoms with van der Waals surface area (Å²) in [5.74, 6) is 0.953. The summed E-state index contributed by atoms with van der Waals surface area (Å²) < 4.78 is 80.4. The SMILES string of the molecule is [2H]C([2H])([2H])c1c[c-]c(-c2cc(C([2H])([2H])C(C)(C)C)c([Si](C)(C)C)cn2)cc1.[2H]C([2H])(c1ccccc1)c1ccc2c(n1)oc1c(-c3nc4ccccc4n3Cc3c(C(C)C)cc(-c4ccc(F)cc4)cc3C(C)C)[c-]ccc12.[Ir]. The molecule has 5 nitrogen and oxygen atoms in total. The quantitative estimate of drug-likeness (QED) is 0.0957. The Morgan fingerprint density at radius 1 is 0.778 bits per heavy atom. The average Bonchev–Trinajstić information content (AvgIpc) is 4.22. The average molecular weight is 1150 g/mol. The molecule has 4 heterocycles. The molecule has 0 saturated heterocycles. The van der Waals surface area contributed by atoms with Crippen LogP contribution in [0.15, 0.2) is 150 Å². The van der Waals surface area contributed by atoms with E-state index >= 15 is 0 Å². The summed E-state index contributed by atoms with van der Waals surface area (Å²) in [4.78, 5) is 14.5. The molecule has 72 heavy (non-hydrogen) atoms. The van der Waals surface area contributed by atoms with E-state index in [4.69, 9.17) is 24.0 Å². The number of hydrogen-bond acceptors (Lipinski definition) is 4. The molecule has 0 aliphatic carbocycles. The van der Waals surface area contributed by atoms with Gasteiger partial charge in [0.25, 0.3) is 0 Å². The molecule has 0 fully saturated rings. The molecule has 0 aliphatic heterocycles. The molecule has 0 atom stereocenters. The van der Waals surface area contributed by atoms with E-state index in [0.717, 1.165) is 49.5 Å².